The number of likely N-dealkylation sites (tertiary alicyclic amines) is 1. The van der Waals surface area contributed by atoms with E-state index < -0.39 is 15.9 Å². The number of hydrogen-bond acceptors (Lipinski definition) is 4. The highest BCUT2D eigenvalue weighted by Gasteiger charge is 2.39. The van der Waals surface area contributed by atoms with Crippen molar-refractivity contribution in [3.63, 3.8) is 0 Å². The summed E-state index contributed by atoms with van der Waals surface area (Å²) in [7, 11) is -2.99. The molecule has 0 amide bonds. The average Bonchev–Trinajstić information content (AvgIpc) is 2.41. The third-order valence-electron chi connectivity index (χ3n) is 3.15. The van der Waals surface area contributed by atoms with E-state index in [1.165, 1.54) is 6.42 Å². The van der Waals surface area contributed by atoms with Crippen LogP contribution in [0.5, 0.6) is 0 Å². The van der Waals surface area contributed by atoms with Crippen molar-refractivity contribution in [2.24, 2.45) is 0 Å². The van der Waals surface area contributed by atoms with E-state index in [1.54, 1.807) is 0 Å². The lowest BCUT2D eigenvalue weighted by Crippen LogP contribution is -2.45. The van der Waals surface area contributed by atoms with Gasteiger partial charge >= 0.3 is 0 Å². The maximum Gasteiger partial charge on any atom is 0.154 e. The van der Waals surface area contributed by atoms with E-state index in [4.69, 9.17) is 0 Å². The van der Waals surface area contributed by atoms with Gasteiger partial charge in [-0.2, -0.15) is 0 Å². The molecule has 0 aromatic heterocycles. The topological polar surface area (TPSA) is 57.6 Å². The predicted octanol–water partition coefficient (Wildman–Crippen LogP) is -0.370. The monoisotopic (exact) mass is 219 g/mol. The van der Waals surface area contributed by atoms with Crippen LogP contribution in [0.25, 0.3) is 0 Å². The number of nitrogens with zero attached hydrogens (tertiary/aromatic N) is 1. The minimum absolute atomic E-state index is 0.0475. The van der Waals surface area contributed by atoms with Crippen molar-refractivity contribution in [2.45, 2.75) is 31.4 Å². The molecule has 0 aromatic carbocycles. The molecule has 0 bridgehead atoms. The lowest BCUT2D eigenvalue weighted by atomic mass is 10.1. The number of aliphatic hydroxyl groups excluding tert-OH is 1. The summed E-state index contributed by atoms with van der Waals surface area (Å²) in [5, 5.41) is 9.66. The first-order chi connectivity index (χ1) is 6.58. The second-order valence-corrected chi connectivity index (χ2v) is 6.46. The number of hydrogen-bond donors (Lipinski definition) is 1. The zero-order valence-electron chi connectivity index (χ0n) is 8.22. The maximum absolute atomic E-state index is 11.3. The maximum atomic E-state index is 11.3. The third-order valence-corrected chi connectivity index (χ3v) is 4.85. The highest BCUT2D eigenvalue weighted by atomic mass is 32.2. The van der Waals surface area contributed by atoms with Crippen molar-refractivity contribution in [1.82, 2.24) is 4.90 Å². The molecule has 5 heteroatoms. The van der Waals surface area contributed by atoms with Gasteiger partial charge in [-0.05, 0) is 25.9 Å². The van der Waals surface area contributed by atoms with Crippen molar-refractivity contribution >= 4 is 9.84 Å². The minimum Gasteiger partial charge on any atom is -0.390 e. The van der Waals surface area contributed by atoms with Crippen LogP contribution in [-0.2, 0) is 9.84 Å². The zero-order chi connectivity index (χ0) is 10.2. The molecular weight excluding hydrogens is 202 g/mol. The van der Waals surface area contributed by atoms with Gasteiger partial charge in [-0.3, -0.25) is 4.90 Å². The van der Waals surface area contributed by atoms with Crippen LogP contribution in [0.2, 0.25) is 0 Å². The summed E-state index contributed by atoms with van der Waals surface area (Å²) in [5.74, 6) is 0.0995. The fourth-order valence-electron chi connectivity index (χ4n) is 2.41. The molecule has 1 N–H and O–H groups in total. The van der Waals surface area contributed by atoms with E-state index in [2.05, 4.69) is 4.90 Å². The Balaban J connectivity index is 2.04. The summed E-state index contributed by atoms with van der Waals surface area (Å²) in [6.07, 6.45) is 2.82. The quantitative estimate of drug-likeness (QED) is 0.654. The number of rotatable bonds is 1. The summed E-state index contributed by atoms with van der Waals surface area (Å²) >= 11 is 0. The Kier molecular flexibility index (Phi) is 2.81. The summed E-state index contributed by atoms with van der Waals surface area (Å²) in [4.78, 5) is 2.14. The minimum atomic E-state index is -2.99. The van der Waals surface area contributed by atoms with Crippen molar-refractivity contribution < 1.29 is 13.5 Å². The molecule has 2 saturated heterocycles. The molecule has 2 aliphatic rings. The van der Waals surface area contributed by atoms with Crippen molar-refractivity contribution in [3.8, 4) is 0 Å². The largest absolute Gasteiger partial charge is 0.390 e. The van der Waals surface area contributed by atoms with Gasteiger partial charge in [0.1, 0.15) is 0 Å². The Morgan fingerprint density at radius 1 is 1.07 bits per heavy atom. The summed E-state index contributed by atoms with van der Waals surface area (Å²) in [5.41, 5.74) is 0. The Bertz CT molecular complexity index is 295. The molecule has 2 heterocycles. The van der Waals surface area contributed by atoms with Gasteiger partial charge in [0.2, 0.25) is 0 Å². The zero-order valence-corrected chi connectivity index (χ0v) is 9.04. The van der Waals surface area contributed by atoms with Crippen LogP contribution in [-0.4, -0.2) is 55.2 Å². The fraction of sp³-hybridized carbons (Fsp3) is 1.00. The second kappa shape index (κ2) is 3.79. The Morgan fingerprint density at radius 3 is 2.21 bits per heavy atom. The SMILES string of the molecule is O=S1(=O)C[C@@H](O)[C@@H](N2CCCCC2)C1. The molecule has 2 rings (SSSR count). The van der Waals surface area contributed by atoms with Gasteiger partial charge in [0, 0.05) is 0 Å². The Labute approximate surface area is 84.8 Å². The van der Waals surface area contributed by atoms with Gasteiger partial charge in [-0.15, -0.1) is 0 Å². The molecular formula is C9H17NO3S. The molecule has 82 valence electrons. The van der Waals surface area contributed by atoms with Gasteiger partial charge < -0.3 is 5.11 Å². The molecule has 4 nitrogen and oxygen atoms in total. The first-order valence-electron chi connectivity index (χ1n) is 5.21. The van der Waals surface area contributed by atoms with Crippen LogP contribution >= 0.6 is 0 Å². The second-order valence-electron chi connectivity index (χ2n) is 4.31. The molecule has 0 aliphatic carbocycles. The van der Waals surface area contributed by atoms with Crippen LogP contribution in [0.1, 0.15) is 19.3 Å². The molecule has 2 fully saturated rings. The lowest BCUT2D eigenvalue weighted by molar-refractivity contribution is 0.0706. The van der Waals surface area contributed by atoms with E-state index in [0.717, 1.165) is 25.9 Å². The van der Waals surface area contributed by atoms with Crippen molar-refractivity contribution in [3.05, 3.63) is 0 Å². The third kappa shape index (κ3) is 2.10. The smallest absolute Gasteiger partial charge is 0.154 e. The number of sulfone groups is 1. The van der Waals surface area contributed by atoms with E-state index in [9.17, 15) is 13.5 Å². The van der Waals surface area contributed by atoms with Crippen LogP contribution in [0.4, 0.5) is 0 Å². The molecule has 0 saturated carbocycles. The fourth-order valence-corrected chi connectivity index (χ4v) is 4.24. The van der Waals surface area contributed by atoms with Gasteiger partial charge in [-0.25, -0.2) is 8.42 Å². The van der Waals surface area contributed by atoms with E-state index in [1.807, 2.05) is 0 Å². The molecule has 14 heavy (non-hydrogen) atoms. The van der Waals surface area contributed by atoms with Crippen LogP contribution < -0.4 is 0 Å². The Morgan fingerprint density at radius 2 is 1.71 bits per heavy atom. The molecule has 0 radical (unpaired) electrons. The molecule has 2 aliphatic heterocycles. The predicted molar refractivity (Wildman–Crippen MR) is 53.9 cm³/mol. The molecule has 0 unspecified atom stereocenters. The summed E-state index contributed by atoms with van der Waals surface area (Å²) in [6, 6.07) is -0.139. The lowest BCUT2D eigenvalue weighted by Gasteiger charge is -2.33. The van der Waals surface area contributed by atoms with Gasteiger partial charge in [-0.1, -0.05) is 6.42 Å². The molecule has 0 spiro atoms. The average molecular weight is 219 g/mol. The highest BCUT2D eigenvalue weighted by Crippen LogP contribution is 2.21. The van der Waals surface area contributed by atoms with Crippen molar-refractivity contribution in [2.75, 3.05) is 24.6 Å². The normalized spacial score (nSPS) is 38.6. The summed E-state index contributed by atoms with van der Waals surface area (Å²) < 4.78 is 22.6. The number of piperidine rings is 1. The Hall–Kier alpha value is -0.130. The first kappa shape index (κ1) is 10.4. The van der Waals surface area contributed by atoms with Crippen LogP contribution in [0.3, 0.4) is 0 Å². The van der Waals surface area contributed by atoms with Gasteiger partial charge in [0.25, 0.3) is 0 Å². The van der Waals surface area contributed by atoms with E-state index >= 15 is 0 Å². The highest BCUT2D eigenvalue weighted by molar-refractivity contribution is 7.91. The van der Waals surface area contributed by atoms with Gasteiger partial charge in [0.15, 0.2) is 9.84 Å². The van der Waals surface area contributed by atoms with Crippen LogP contribution in [0, 0.1) is 0 Å². The number of aliphatic hydroxyl groups is 1. The molecule has 0 aromatic rings. The molecule has 2 atom stereocenters. The standard InChI is InChI=1S/C9H17NO3S/c11-9-7-14(12,13)6-8(9)10-4-2-1-3-5-10/h8-9,11H,1-7H2/t8-,9+/m0/s1. The van der Waals surface area contributed by atoms with E-state index in [0.29, 0.717) is 0 Å². The first-order valence-corrected chi connectivity index (χ1v) is 7.03. The van der Waals surface area contributed by atoms with Crippen molar-refractivity contribution in [1.29, 1.82) is 0 Å². The van der Waals surface area contributed by atoms with E-state index in [-0.39, 0.29) is 17.5 Å². The van der Waals surface area contributed by atoms with Crippen LogP contribution in [0.15, 0.2) is 0 Å². The van der Waals surface area contributed by atoms with Gasteiger partial charge in [0.05, 0.1) is 23.7 Å². The summed E-state index contributed by atoms with van der Waals surface area (Å²) in [6.45, 7) is 1.88.